The first-order valence-electron chi connectivity index (χ1n) is 5.46. The highest BCUT2D eigenvalue weighted by Gasteiger charge is 2.04. The average molecular weight is 265 g/mol. The Labute approximate surface area is 110 Å². The highest BCUT2D eigenvalue weighted by atomic mass is 35.5. The Bertz CT molecular complexity index is 539. The molecule has 1 aromatic carbocycles. The average Bonchev–Trinajstić information content (AvgIpc) is 2.84. The maximum atomic E-state index is 11.7. The fourth-order valence-electron chi connectivity index (χ4n) is 1.49. The number of nitrogens with zero attached hydrogens (tertiary/aromatic N) is 2. The monoisotopic (exact) mass is 264 g/mol. The van der Waals surface area contributed by atoms with E-state index in [2.05, 4.69) is 10.3 Å². The molecule has 0 radical (unpaired) electrons. The zero-order chi connectivity index (χ0) is 13.0. The molecule has 0 spiro atoms. The van der Waals surface area contributed by atoms with E-state index in [4.69, 9.17) is 17.3 Å². The molecule has 0 unspecified atom stereocenters. The van der Waals surface area contributed by atoms with Crippen LogP contribution in [0.2, 0.25) is 5.02 Å². The Morgan fingerprint density at radius 3 is 3.00 bits per heavy atom. The van der Waals surface area contributed by atoms with E-state index in [0.29, 0.717) is 29.4 Å². The van der Waals surface area contributed by atoms with Crippen molar-refractivity contribution in [2.75, 3.05) is 11.1 Å². The second-order valence-electron chi connectivity index (χ2n) is 3.83. The zero-order valence-corrected chi connectivity index (χ0v) is 10.4. The molecule has 0 saturated heterocycles. The van der Waals surface area contributed by atoms with Gasteiger partial charge in [-0.05, 0) is 18.2 Å². The van der Waals surface area contributed by atoms with Crippen LogP contribution in [0.3, 0.4) is 0 Å². The topological polar surface area (TPSA) is 72.9 Å². The number of amides is 1. The van der Waals surface area contributed by atoms with E-state index in [-0.39, 0.29) is 5.91 Å². The number of anilines is 2. The second-order valence-corrected chi connectivity index (χ2v) is 4.24. The van der Waals surface area contributed by atoms with Crippen LogP contribution < -0.4 is 11.1 Å². The molecular weight excluding hydrogens is 252 g/mol. The molecule has 0 aliphatic carbocycles. The van der Waals surface area contributed by atoms with Gasteiger partial charge in [0.1, 0.15) is 0 Å². The third kappa shape index (κ3) is 3.24. The highest BCUT2D eigenvalue weighted by Crippen LogP contribution is 2.22. The molecule has 1 heterocycles. The van der Waals surface area contributed by atoms with Gasteiger partial charge in [0.15, 0.2) is 0 Å². The molecule has 1 amide bonds. The Kier molecular flexibility index (Phi) is 3.84. The molecule has 0 aliphatic rings. The zero-order valence-electron chi connectivity index (χ0n) is 9.64. The van der Waals surface area contributed by atoms with Crippen molar-refractivity contribution in [3.8, 4) is 0 Å². The Balaban J connectivity index is 1.88. The maximum absolute atomic E-state index is 11.7. The lowest BCUT2D eigenvalue weighted by atomic mass is 10.2. The van der Waals surface area contributed by atoms with Gasteiger partial charge in [-0.3, -0.25) is 4.79 Å². The third-order valence-electron chi connectivity index (χ3n) is 2.44. The first-order valence-corrected chi connectivity index (χ1v) is 5.83. The maximum Gasteiger partial charge on any atom is 0.226 e. The number of nitrogen functional groups attached to an aromatic ring is 1. The normalized spacial score (nSPS) is 10.3. The van der Waals surface area contributed by atoms with Gasteiger partial charge in [0.25, 0.3) is 0 Å². The van der Waals surface area contributed by atoms with Crippen LogP contribution in [0.25, 0.3) is 0 Å². The van der Waals surface area contributed by atoms with Gasteiger partial charge in [-0.2, -0.15) is 0 Å². The quantitative estimate of drug-likeness (QED) is 0.831. The number of aryl methyl sites for hydroxylation is 1. The summed E-state index contributed by atoms with van der Waals surface area (Å²) in [6.45, 7) is 0.592. The van der Waals surface area contributed by atoms with Crippen LogP contribution in [0.4, 0.5) is 11.4 Å². The molecule has 1 aromatic heterocycles. The molecule has 0 atom stereocenters. The van der Waals surface area contributed by atoms with Crippen molar-refractivity contribution in [3.05, 3.63) is 41.9 Å². The minimum Gasteiger partial charge on any atom is -0.397 e. The highest BCUT2D eigenvalue weighted by molar-refractivity contribution is 6.33. The summed E-state index contributed by atoms with van der Waals surface area (Å²) in [5.74, 6) is -0.0783. The summed E-state index contributed by atoms with van der Waals surface area (Å²) in [5, 5.41) is 3.24. The van der Waals surface area contributed by atoms with Gasteiger partial charge in [0.2, 0.25) is 5.91 Å². The number of nitrogens with two attached hydrogens (primary N) is 1. The number of hydrogen-bond acceptors (Lipinski definition) is 3. The van der Waals surface area contributed by atoms with Gasteiger partial charge in [0, 0.05) is 31.0 Å². The van der Waals surface area contributed by atoms with Crippen LogP contribution in [-0.4, -0.2) is 15.5 Å². The van der Waals surface area contributed by atoms with Crippen molar-refractivity contribution < 1.29 is 4.79 Å². The number of benzene rings is 1. The van der Waals surface area contributed by atoms with Crippen LogP contribution in [0.5, 0.6) is 0 Å². The molecule has 6 heteroatoms. The van der Waals surface area contributed by atoms with E-state index in [9.17, 15) is 4.79 Å². The number of halogens is 1. The van der Waals surface area contributed by atoms with Crippen molar-refractivity contribution in [3.63, 3.8) is 0 Å². The second kappa shape index (κ2) is 5.55. The molecule has 2 rings (SSSR count). The molecule has 0 saturated carbocycles. The summed E-state index contributed by atoms with van der Waals surface area (Å²) >= 11 is 5.80. The van der Waals surface area contributed by atoms with Crippen LogP contribution in [0.1, 0.15) is 6.42 Å². The predicted molar refractivity (Wildman–Crippen MR) is 71.3 cm³/mol. The van der Waals surface area contributed by atoms with Crippen LogP contribution >= 0.6 is 11.6 Å². The smallest absolute Gasteiger partial charge is 0.226 e. The number of nitrogens with one attached hydrogen (secondary N) is 1. The van der Waals surface area contributed by atoms with Crippen molar-refractivity contribution in [2.24, 2.45) is 0 Å². The van der Waals surface area contributed by atoms with Gasteiger partial charge in [-0.15, -0.1) is 0 Å². The minimum atomic E-state index is -0.0783. The molecular formula is C12H13ClN4O. The predicted octanol–water partition coefficient (Wildman–Crippen LogP) is 2.15. The SMILES string of the molecule is Nc1cc(NC(=O)CCn2ccnc2)ccc1Cl. The first kappa shape index (κ1) is 12.4. The molecule has 0 aliphatic heterocycles. The Morgan fingerprint density at radius 2 is 2.33 bits per heavy atom. The Hall–Kier alpha value is -2.01. The van der Waals surface area contributed by atoms with Gasteiger partial charge in [0.05, 0.1) is 17.0 Å². The van der Waals surface area contributed by atoms with Gasteiger partial charge >= 0.3 is 0 Å². The molecule has 3 N–H and O–H groups in total. The Morgan fingerprint density at radius 1 is 1.50 bits per heavy atom. The largest absolute Gasteiger partial charge is 0.397 e. The minimum absolute atomic E-state index is 0.0783. The van der Waals surface area contributed by atoms with Gasteiger partial charge in [-0.1, -0.05) is 11.6 Å². The summed E-state index contributed by atoms with van der Waals surface area (Å²) in [4.78, 5) is 15.6. The number of aromatic nitrogens is 2. The number of carbonyl (C=O) groups is 1. The fraction of sp³-hybridized carbons (Fsp3) is 0.167. The first-order chi connectivity index (χ1) is 8.65. The standard InChI is InChI=1S/C12H13ClN4O/c13-10-2-1-9(7-11(10)14)16-12(18)3-5-17-6-4-15-8-17/h1-2,4,6-8H,3,5,14H2,(H,16,18). The van der Waals surface area contributed by atoms with E-state index >= 15 is 0 Å². The van der Waals surface area contributed by atoms with Gasteiger partial charge in [-0.25, -0.2) is 4.98 Å². The molecule has 2 aromatic rings. The fourth-order valence-corrected chi connectivity index (χ4v) is 1.61. The lowest BCUT2D eigenvalue weighted by Crippen LogP contribution is -2.14. The van der Waals surface area contributed by atoms with E-state index in [1.165, 1.54) is 0 Å². The van der Waals surface area contributed by atoms with Crippen molar-refractivity contribution in [1.29, 1.82) is 0 Å². The van der Waals surface area contributed by atoms with Crippen molar-refractivity contribution in [2.45, 2.75) is 13.0 Å². The van der Waals surface area contributed by atoms with Crippen LogP contribution in [0.15, 0.2) is 36.9 Å². The summed E-state index contributed by atoms with van der Waals surface area (Å²) in [5.41, 5.74) is 6.75. The molecule has 18 heavy (non-hydrogen) atoms. The summed E-state index contributed by atoms with van der Waals surface area (Å²) < 4.78 is 1.84. The molecule has 0 fully saturated rings. The lowest BCUT2D eigenvalue weighted by Gasteiger charge is -2.07. The van der Waals surface area contributed by atoms with Crippen molar-refractivity contribution in [1.82, 2.24) is 9.55 Å². The molecule has 0 bridgehead atoms. The molecule has 5 nitrogen and oxygen atoms in total. The van der Waals surface area contributed by atoms with E-state index in [0.717, 1.165) is 0 Å². The van der Waals surface area contributed by atoms with E-state index < -0.39 is 0 Å². The molecule has 94 valence electrons. The summed E-state index contributed by atoms with van der Waals surface area (Å²) in [7, 11) is 0. The lowest BCUT2D eigenvalue weighted by molar-refractivity contribution is -0.116. The van der Waals surface area contributed by atoms with Crippen molar-refractivity contribution >= 4 is 28.9 Å². The summed E-state index contributed by atoms with van der Waals surface area (Å²) in [6, 6.07) is 5.01. The number of imidazole rings is 1. The van der Waals surface area contributed by atoms with Crippen LogP contribution in [0, 0.1) is 0 Å². The summed E-state index contributed by atoms with van der Waals surface area (Å²) in [6.07, 6.45) is 5.54. The number of hydrogen-bond donors (Lipinski definition) is 2. The van der Waals surface area contributed by atoms with E-state index in [1.54, 1.807) is 30.7 Å². The van der Waals surface area contributed by atoms with Crippen LogP contribution in [-0.2, 0) is 11.3 Å². The number of rotatable bonds is 4. The number of carbonyl (C=O) groups excluding carboxylic acids is 1. The third-order valence-corrected chi connectivity index (χ3v) is 2.78. The van der Waals surface area contributed by atoms with E-state index in [1.807, 2.05) is 10.8 Å². The van der Waals surface area contributed by atoms with Gasteiger partial charge < -0.3 is 15.6 Å².